The first-order valence-electron chi connectivity index (χ1n) is 0.783. The Morgan fingerprint density at radius 3 is 1.14 bits per heavy atom. The quantitative estimate of drug-likeness (QED) is 0.336. The van der Waals surface area contributed by atoms with E-state index >= 15 is 0 Å². The van der Waals surface area contributed by atoms with Crippen LogP contribution >= 0.6 is 7.82 Å². The van der Waals surface area contributed by atoms with Gasteiger partial charge in [-0.3, -0.25) is 0 Å². The van der Waals surface area contributed by atoms with Gasteiger partial charge in [0.2, 0.25) is 0 Å². The average Bonchev–Trinajstić information content (AvgIpc) is 0.722. The number of hydrogen-bond donors (Lipinski definition) is 3. The molecule has 0 fully saturated rings. The molecule has 0 atom stereocenters. The van der Waals surface area contributed by atoms with Gasteiger partial charge in [-0.15, -0.1) is 0 Å². The molecule has 0 aromatic rings. The minimum Gasteiger partial charge on any atom is 0 e. The van der Waals surface area contributed by atoms with E-state index in [0.29, 0.717) is 0 Å². The zero-order valence-electron chi connectivity index (χ0n) is 2.77. The van der Waals surface area contributed by atoms with Crippen LogP contribution in [0.5, 0.6) is 0 Å². The van der Waals surface area contributed by atoms with E-state index in [2.05, 4.69) is 0 Å². The van der Waals surface area contributed by atoms with Crippen LogP contribution in [0.3, 0.4) is 0 Å². The van der Waals surface area contributed by atoms with Crippen molar-refractivity contribution >= 4 is 45.6 Å². The molecule has 0 aromatic heterocycles. The molecule has 0 saturated heterocycles. The van der Waals surface area contributed by atoms with Crippen molar-refractivity contribution in [2.45, 2.75) is 0 Å². The topological polar surface area (TPSA) is 77.8 Å². The molecule has 0 aliphatic heterocycles. The molecule has 39 valence electrons. The van der Waals surface area contributed by atoms with E-state index in [-0.39, 0.29) is 70.4 Å². The molecule has 1 radical (unpaired) electrons. The zero-order chi connectivity index (χ0) is 4.50. The molecule has 3 N–H and O–H groups in total. The standard InChI is InChI=1S/Ca.H3O4P.Y.2H/c;1-5(2,3)4;;;/h;(H3,1,2,3,4);;;. The van der Waals surface area contributed by atoms with Crippen LogP contribution in [0.15, 0.2) is 0 Å². The summed E-state index contributed by atoms with van der Waals surface area (Å²) in [7, 11) is -4.64. The van der Waals surface area contributed by atoms with E-state index in [1.807, 2.05) is 0 Å². The second kappa shape index (κ2) is 6.59. The second-order valence-electron chi connectivity index (χ2n) is 0.513. The van der Waals surface area contributed by atoms with Gasteiger partial charge >= 0.3 is 45.6 Å². The van der Waals surface area contributed by atoms with Gasteiger partial charge in [0.05, 0.1) is 0 Å². The first kappa shape index (κ1) is 16.2. The van der Waals surface area contributed by atoms with Crippen LogP contribution in [0.1, 0.15) is 0 Å². The van der Waals surface area contributed by atoms with Crippen LogP contribution in [0.25, 0.3) is 0 Å². The summed E-state index contributed by atoms with van der Waals surface area (Å²) in [5, 5.41) is 0. The maximum atomic E-state index is 8.88. The van der Waals surface area contributed by atoms with E-state index < -0.39 is 7.82 Å². The molecular weight excluding hydrogens is 224 g/mol. The molecule has 0 saturated carbocycles. The Hall–Kier alpha value is 2.47. The molecule has 0 spiro atoms. The van der Waals surface area contributed by atoms with Crippen molar-refractivity contribution < 1.29 is 52.0 Å². The Morgan fingerprint density at radius 2 is 1.14 bits per heavy atom. The summed E-state index contributed by atoms with van der Waals surface area (Å²) in [6, 6.07) is 0. The molecule has 7 heavy (non-hydrogen) atoms. The molecule has 0 aliphatic rings. The largest absolute Gasteiger partial charge is 0 e. The van der Waals surface area contributed by atoms with E-state index in [4.69, 9.17) is 19.2 Å². The smallest absolute Gasteiger partial charge is 0 e. The summed E-state index contributed by atoms with van der Waals surface area (Å²) in [6.45, 7) is 0. The van der Waals surface area contributed by atoms with Crippen LogP contribution in [-0.4, -0.2) is 52.4 Å². The molecule has 0 heterocycles. The molecule has 0 amide bonds. The monoisotopic (exact) mass is 229 g/mol. The summed E-state index contributed by atoms with van der Waals surface area (Å²) in [6.07, 6.45) is 0. The van der Waals surface area contributed by atoms with Gasteiger partial charge < -0.3 is 14.7 Å². The van der Waals surface area contributed by atoms with Crippen molar-refractivity contribution in [3.63, 3.8) is 0 Å². The number of hydrogen-bond acceptors (Lipinski definition) is 1. The normalized spacial score (nSPS) is 8.43. The number of phosphoric acid groups is 1. The molecule has 0 rings (SSSR count). The van der Waals surface area contributed by atoms with Gasteiger partial charge in [0, 0.05) is 32.7 Å². The van der Waals surface area contributed by atoms with E-state index in [9.17, 15) is 0 Å². The first-order valence-corrected chi connectivity index (χ1v) is 2.35. The van der Waals surface area contributed by atoms with Crippen LogP contribution in [0, 0.1) is 0 Å². The maximum absolute atomic E-state index is 8.88. The Balaban J connectivity index is -0.0000000800. The molecule has 0 aliphatic carbocycles. The third kappa shape index (κ3) is 58.0. The van der Waals surface area contributed by atoms with E-state index in [0.717, 1.165) is 0 Å². The van der Waals surface area contributed by atoms with Gasteiger partial charge in [-0.25, -0.2) is 4.57 Å². The molecule has 4 nitrogen and oxygen atoms in total. The zero-order valence-corrected chi connectivity index (χ0v) is 6.51. The second-order valence-corrected chi connectivity index (χ2v) is 1.54. The van der Waals surface area contributed by atoms with E-state index in [1.54, 1.807) is 0 Å². The van der Waals surface area contributed by atoms with Crippen molar-refractivity contribution in [1.82, 2.24) is 0 Å². The fourth-order valence-electron chi connectivity index (χ4n) is 0. The van der Waals surface area contributed by atoms with Crippen molar-refractivity contribution in [3.05, 3.63) is 0 Å². The van der Waals surface area contributed by atoms with Crippen LogP contribution in [0.2, 0.25) is 0 Å². The predicted molar refractivity (Wildman–Crippen MR) is 22.8 cm³/mol. The fourth-order valence-corrected chi connectivity index (χ4v) is 0. The predicted octanol–water partition coefficient (Wildman–Crippen LogP) is -1.85. The molecule has 0 aromatic carbocycles. The summed E-state index contributed by atoms with van der Waals surface area (Å²) in [5.74, 6) is 0. The van der Waals surface area contributed by atoms with Crippen molar-refractivity contribution in [1.29, 1.82) is 0 Å². The van der Waals surface area contributed by atoms with Gasteiger partial charge in [0.25, 0.3) is 0 Å². The minimum atomic E-state index is -4.64. The molecule has 0 bridgehead atoms. The Kier molecular flexibility index (Phi) is 15.3. The fraction of sp³-hybridized carbons (Fsp3) is 0. The van der Waals surface area contributed by atoms with Gasteiger partial charge in [0.15, 0.2) is 0 Å². The summed E-state index contributed by atoms with van der Waals surface area (Å²) < 4.78 is 8.88. The van der Waals surface area contributed by atoms with Crippen molar-refractivity contribution in [2.75, 3.05) is 0 Å². The Bertz CT molecular complexity index is 57.8. The summed E-state index contributed by atoms with van der Waals surface area (Å²) in [4.78, 5) is 21.6. The third-order valence-corrected chi connectivity index (χ3v) is 0. The maximum Gasteiger partial charge on any atom is 0 e. The van der Waals surface area contributed by atoms with Gasteiger partial charge in [-0.05, 0) is 0 Å². The number of rotatable bonds is 0. The van der Waals surface area contributed by atoms with Gasteiger partial charge in [0.1, 0.15) is 0 Å². The molecular formula is H5CaO4PY. The van der Waals surface area contributed by atoms with Crippen molar-refractivity contribution in [3.8, 4) is 0 Å². The Labute approximate surface area is 95.8 Å². The van der Waals surface area contributed by atoms with Gasteiger partial charge in [-0.1, -0.05) is 0 Å². The third-order valence-electron chi connectivity index (χ3n) is 0. The van der Waals surface area contributed by atoms with Crippen LogP contribution < -0.4 is 0 Å². The summed E-state index contributed by atoms with van der Waals surface area (Å²) in [5.41, 5.74) is 0. The average molecular weight is 229 g/mol. The Morgan fingerprint density at radius 1 is 1.14 bits per heavy atom. The van der Waals surface area contributed by atoms with Gasteiger partial charge in [-0.2, -0.15) is 0 Å². The molecule has 0 unspecified atom stereocenters. The molecule has 7 heteroatoms. The van der Waals surface area contributed by atoms with Crippen LogP contribution in [-0.2, 0) is 37.3 Å². The van der Waals surface area contributed by atoms with Crippen LogP contribution in [0.4, 0.5) is 0 Å². The van der Waals surface area contributed by atoms with Crippen molar-refractivity contribution in [2.24, 2.45) is 0 Å². The summed E-state index contributed by atoms with van der Waals surface area (Å²) >= 11 is 0. The minimum absolute atomic E-state index is 0. The SMILES string of the molecule is O=P(O)(O)O.[CaH2].[Y]. The van der Waals surface area contributed by atoms with E-state index in [1.165, 1.54) is 0 Å². The first-order chi connectivity index (χ1) is 2.00.